The predicted molar refractivity (Wildman–Crippen MR) is 38.6 cm³/mol. The summed E-state index contributed by atoms with van der Waals surface area (Å²) in [6.45, 7) is 3.55. The Labute approximate surface area is 59.9 Å². The molecular formula is C8H10O2. The maximum Gasteiger partial charge on any atom is 0.310 e. The topological polar surface area (TPSA) is 37.3 Å². The average molecular weight is 138 g/mol. The zero-order valence-corrected chi connectivity index (χ0v) is 5.66. The van der Waals surface area contributed by atoms with Gasteiger partial charge in [0.1, 0.15) is 0 Å². The van der Waals surface area contributed by atoms with Crippen LogP contribution in [-0.2, 0) is 4.79 Å². The molecule has 2 nitrogen and oxygen atoms in total. The van der Waals surface area contributed by atoms with Crippen LogP contribution in [0, 0.1) is 11.8 Å². The number of carboxylic acid groups (broad SMARTS) is 1. The van der Waals surface area contributed by atoms with E-state index in [-0.39, 0.29) is 11.8 Å². The van der Waals surface area contributed by atoms with Crippen LogP contribution in [0.15, 0.2) is 24.8 Å². The molecule has 0 spiro atoms. The lowest BCUT2D eigenvalue weighted by molar-refractivity contribution is -0.141. The molecule has 1 rings (SSSR count). The molecule has 0 bridgehead atoms. The summed E-state index contributed by atoms with van der Waals surface area (Å²) < 4.78 is 0. The fraction of sp³-hybridized carbons (Fsp3) is 0.375. The molecule has 1 N–H and O–H groups in total. The molecule has 0 unspecified atom stereocenters. The van der Waals surface area contributed by atoms with Gasteiger partial charge in [0.2, 0.25) is 0 Å². The minimum Gasteiger partial charge on any atom is -0.481 e. The van der Waals surface area contributed by atoms with E-state index in [1.807, 2.05) is 6.08 Å². The second kappa shape index (κ2) is 2.69. The molecule has 0 amide bonds. The highest BCUT2D eigenvalue weighted by Crippen LogP contribution is 2.28. The Kier molecular flexibility index (Phi) is 1.90. The summed E-state index contributed by atoms with van der Waals surface area (Å²) in [6.07, 6.45) is 6.16. The second-order valence-corrected chi connectivity index (χ2v) is 2.44. The third-order valence-electron chi connectivity index (χ3n) is 1.75. The van der Waals surface area contributed by atoms with Crippen LogP contribution in [0.5, 0.6) is 0 Å². The maximum absolute atomic E-state index is 10.4. The van der Waals surface area contributed by atoms with Gasteiger partial charge in [0.05, 0.1) is 5.92 Å². The molecule has 0 aromatic rings. The van der Waals surface area contributed by atoms with Crippen molar-refractivity contribution in [1.82, 2.24) is 0 Å². The van der Waals surface area contributed by atoms with Gasteiger partial charge in [0.15, 0.2) is 0 Å². The SMILES string of the molecule is C=CC[C@@H]1C=C[C@H]1C(=O)O. The normalized spacial score (nSPS) is 29.2. The van der Waals surface area contributed by atoms with Crippen molar-refractivity contribution in [3.05, 3.63) is 24.8 Å². The van der Waals surface area contributed by atoms with Gasteiger partial charge >= 0.3 is 5.97 Å². The molecule has 2 heteroatoms. The van der Waals surface area contributed by atoms with Crippen LogP contribution in [0.25, 0.3) is 0 Å². The molecule has 0 aliphatic heterocycles. The number of carboxylic acids is 1. The molecule has 0 fully saturated rings. The highest BCUT2D eigenvalue weighted by molar-refractivity contribution is 5.74. The number of rotatable bonds is 3. The van der Waals surface area contributed by atoms with E-state index in [2.05, 4.69) is 6.58 Å². The Morgan fingerprint density at radius 1 is 1.70 bits per heavy atom. The largest absolute Gasteiger partial charge is 0.481 e. The summed E-state index contributed by atoms with van der Waals surface area (Å²) in [5.41, 5.74) is 0. The molecule has 0 saturated carbocycles. The lowest BCUT2D eigenvalue weighted by Gasteiger charge is -2.24. The lowest BCUT2D eigenvalue weighted by Crippen LogP contribution is -2.26. The summed E-state index contributed by atoms with van der Waals surface area (Å²) in [4.78, 5) is 10.4. The minimum absolute atomic E-state index is 0.190. The first kappa shape index (κ1) is 7.06. The summed E-state index contributed by atoms with van der Waals surface area (Å²) in [7, 11) is 0. The molecule has 0 aromatic carbocycles. The monoisotopic (exact) mass is 138 g/mol. The number of allylic oxidation sites excluding steroid dienone is 2. The molecule has 0 heterocycles. The smallest absolute Gasteiger partial charge is 0.310 e. The number of aliphatic carboxylic acids is 1. The zero-order chi connectivity index (χ0) is 7.56. The third-order valence-corrected chi connectivity index (χ3v) is 1.75. The molecule has 54 valence electrons. The average Bonchev–Trinajstić information content (AvgIpc) is 1.78. The van der Waals surface area contributed by atoms with Gasteiger partial charge in [0, 0.05) is 0 Å². The van der Waals surface area contributed by atoms with Crippen molar-refractivity contribution >= 4 is 5.97 Å². The summed E-state index contributed by atoms with van der Waals surface area (Å²) >= 11 is 0. The van der Waals surface area contributed by atoms with Gasteiger partial charge in [-0.1, -0.05) is 18.2 Å². The molecule has 1 aliphatic rings. The van der Waals surface area contributed by atoms with Crippen LogP contribution in [0.2, 0.25) is 0 Å². The van der Waals surface area contributed by atoms with Crippen molar-refractivity contribution in [2.24, 2.45) is 11.8 Å². The molecule has 2 atom stereocenters. The fourth-order valence-electron chi connectivity index (χ4n) is 1.06. The van der Waals surface area contributed by atoms with Crippen LogP contribution in [0.4, 0.5) is 0 Å². The predicted octanol–water partition coefficient (Wildman–Crippen LogP) is 1.45. The van der Waals surface area contributed by atoms with Crippen LogP contribution in [0.1, 0.15) is 6.42 Å². The van der Waals surface area contributed by atoms with Crippen molar-refractivity contribution in [3.63, 3.8) is 0 Å². The quantitative estimate of drug-likeness (QED) is 0.599. The first-order valence-corrected chi connectivity index (χ1v) is 3.27. The van der Waals surface area contributed by atoms with Crippen molar-refractivity contribution in [2.45, 2.75) is 6.42 Å². The van der Waals surface area contributed by atoms with Gasteiger partial charge in [-0.3, -0.25) is 4.79 Å². The highest BCUT2D eigenvalue weighted by atomic mass is 16.4. The third kappa shape index (κ3) is 1.10. The Morgan fingerprint density at radius 3 is 2.70 bits per heavy atom. The standard InChI is InChI=1S/C8H10O2/c1-2-3-6-4-5-7(6)8(9)10/h2,4-7H,1,3H2,(H,9,10)/t6-,7-/m1/s1. The van der Waals surface area contributed by atoms with E-state index in [1.54, 1.807) is 12.2 Å². The van der Waals surface area contributed by atoms with Crippen molar-refractivity contribution < 1.29 is 9.90 Å². The molecule has 0 aromatic heterocycles. The zero-order valence-electron chi connectivity index (χ0n) is 5.66. The van der Waals surface area contributed by atoms with Gasteiger partial charge < -0.3 is 5.11 Å². The molecule has 0 radical (unpaired) electrons. The Bertz CT molecular complexity index is 182. The minimum atomic E-state index is -0.727. The molecule has 10 heavy (non-hydrogen) atoms. The second-order valence-electron chi connectivity index (χ2n) is 2.44. The number of carbonyl (C=O) groups is 1. The summed E-state index contributed by atoms with van der Waals surface area (Å²) in [5.74, 6) is -0.803. The van der Waals surface area contributed by atoms with Gasteiger partial charge in [0.25, 0.3) is 0 Å². The van der Waals surface area contributed by atoms with Gasteiger partial charge in [-0.2, -0.15) is 0 Å². The van der Waals surface area contributed by atoms with E-state index < -0.39 is 5.97 Å². The number of hydrogen-bond donors (Lipinski definition) is 1. The number of hydrogen-bond acceptors (Lipinski definition) is 1. The van der Waals surface area contributed by atoms with Gasteiger partial charge in [-0.25, -0.2) is 0 Å². The van der Waals surface area contributed by atoms with Crippen LogP contribution >= 0.6 is 0 Å². The van der Waals surface area contributed by atoms with Crippen molar-refractivity contribution in [1.29, 1.82) is 0 Å². The maximum atomic E-state index is 10.4. The van der Waals surface area contributed by atoms with Crippen LogP contribution < -0.4 is 0 Å². The van der Waals surface area contributed by atoms with E-state index in [0.717, 1.165) is 6.42 Å². The van der Waals surface area contributed by atoms with Crippen LogP contribution in [0.3, 0.4) is 0 Å². The summed E-state index contributed by atoms with van der Waals surface area (Å²) in [5, 5.41) is 8.54. The van der Waals surface area contributed by atoms with Crippen molar-refractivity contribution in [2.75, 3.05) is 0 Å². The van der Waals surface area contributed by atoms with E-state index in [1.165, 1.54) is 0 Å². The first-order chi connectivity index (χ1) is 4.75. The Hall–Kier alpha value is -1.05. The first-order valence-electron chi connectivity index (χ1n) is 3.27. The molecular weight excluding hydrogens is 128 g/mol. The lowest BCUT2D eigenvalue weighted by atomic mass is 9.80. The Balaban J connectivity index is 2.45. The molecule has 0 saturated heterocycles. The van der Waals surface area contributed by atoms with Gasteiger partial charge in [-0.15, -0.1) is 6.58 Å². The van der Waals surface area contributed by atoms with Crippen molar-refractivity contribution in [3.8, 4) is 0 Å². The Morgan fingerprint density at radius 2 is 2.40 bits per heavy atom. The van der Waals surface area contributed by atoms with Crippen LogP contribution in [-0.4, -0.2) is 11.1 Å². The van der Waals surface area contributed by atoms with Gasteiger partial charge in [-0.05, 0) is 12.3 Å². The van der Waals surface area contributed by atoms with E-state index in [4.69, 9.17) is 5.11 Å². The van der Waals surface area contributed by atoms with E-state index >= 15 is 0 Å². The highest BCUT2D eigenvalue weighted by Gasteiger charge is 2.28. The van der Waals surface area contributed by atoms with E-state index in [0.29, 0.717) is 0 Å². The summed E-state index contributed by atoms with van der Waals surface area (Å²) in [6, 6.07) is 0. The van der Waals surface area contributed by atoms with E-state index in [9.17, 15) is 4.79 Å². The molecule has 1 aliphatic carbocycles. The fourth-order valence-corrected chi connectivity index (χ4v) is 1.06.